The van der Waals surface area contributed by atoms with Gasteiger partial charge in [0.25, 0.3) is 0 Å². The van der Waals surface area contributed by atoms with E-state index in [1.165, 1.54) is 0 Å². The highest BCUT2D eigenvalue weighted by atomic mass is 35.5. The molecule has 0 aliphatic rings. The van der Waals surface area contributed by atoms with E-state index in [0.29, 0.717) is 24.7 Å². The number of halogens is 1. The van der Waals surface area contributed by atoms with Crippen LogP contribution in [-0.4, -0.2) is 28.0 Å². The van der Waals surface area contributed by atoms with Crippen molar-refractivity contribution in [3.63, 3.8) is 0 Å². The molecule has 23 heavy (non-hydrogen) atoms. The van der Waals surface area contributed by atoms with Gasteiger partial charge in [0.1, 0.15) is 6.61 Å². The first kappa shape index (κ1) is 17.5. The molecule has 0 bridgehead atoms. The second-order valence-electron chi connectivity index (χ2n) is 5.29. The number of nitrogens with zero attached hydrogens (tertiary/aromatic N) is 2. The summed E-state index contributed by atoms with van der Waals surface area (Å²) in [4.78, 5) is 0. The van der Waals surface area contributed by atoms with E-state index in [9.17, 15) is 5.11 Å². The normalized spacial score (nSPS) is 12.2. The third-order valence-corrected chi connectivity index (χ3v) is 3.77. The van der Waals surface area contributed by atoms with Crippen molar-refractivity contribution in [2.45, 2.75) is 19.6 Å². The minimum absolute atomic E-state index is 0.427. The first-order valence-electron chi connectivity index (χ1n) is 7.43. The summed E-state index contributed by atoms with van der Waals surface area (Å²) in [5, 5.41) is 18.5. The Bertz CT molecular complexity index is 653. The highest BCUT2D eigenvalue weighted by Crippen LogP contribution is 2.22. The molecule has 0 saturated carbocycles. The van der Waals surface area contributed by atoms with Gasteiger partial charge in [-0.15, -0.1) is 0 Å². The number of aryl methyl sites for hydroxylation is 2. The molecule has 2 rings (SSSR count). The number of rotatable bonds is 8. The molecule has 1 atom stereocenters. The lowest BCUT2D eigenvalue weighted by atomic mass is 10.1. The maximum absolute atomic E-state index is 10.2. The minimum Gasteiger partial charge on any atom is -0.473 e. The molecule has 0 saturated heterocycles. The van der Waals surface area contributed by atoms with E-state index in [2.05, 4.69) is 17.0 Å². The van der Waals surface area contributed by atoms with E-state index in [1.807, 2.05) is 26.1 Å². The molecule has 0 radical (unpaired) electrons. The summed E-state index contributed by atoms with van der Waals surface area (Å²) in [6, 6.07) is 7.18. The monoisotopic (exact) mass is 335 g/mol. The van der Waals surface area contributed by atoms with E-state index in [1.54, 1.807) is 22.9 Å². The second-order valence-corrected chi connectivity index (χ2v) is 5.73. The van der Waals surface area contributed by atoms with Crippen LogP contribution in [0.5, 0.6) is 5.88 Å². The Kier molecular flexibility index (Phi) is 6.21. The number of aliphatic hydroxyl groups is 1. The average molecular weight is 336 g/mol. The fourth-order valence-corrected chi connectivity index (χ4v) is 2.47. The number of hydrogen-bond donors (Lipinski definition) is 2. The lowest BCUT2D eigenvalue weighted by Gasteiger charge is -2.13. The van der Waals surface area contributed by atoms with Gasteiger partial charge >= 0.3 is 0 Å². The summed E-state index contributed by atoms with van der Waals surface area (Å²) in [5.41, 5.74) is 2.71. The van der Waals surface area contributed by atoms with Gasteiger partial charge < -0.3 is 15.2 Å². The average Bonchev–Trinajstić information content (AvgIpc) is 2.79. The molecule has 2 aromatic rings. The quantitative estimate of drug-likeness (QED) is 0.728. The Hall–Kier alpha value is -1.82. The lowest BCUT2D eigenvalue weighted by Crippen LogP contribution is -2.21. The summed E-state index contributed by atoms with van der Waals surface area (Å²) in [6.45, 7) is 7.02. The second kappa shape index (κ2) is 8.15. The molecule has 5 nitrogen and oxygen atoms in total. The van der Waals surface area contributed by atoms with Crippen molar-refractivity contribution in [2.24, 2.45) is 7.05 Å². The van der Waals surface area contributed by atoms with Crippen LogP contribution in [-0.2, 0) is 13.6 Å². The van der Waals surface area contributed by atoms with Crippen LogP contribution in [0.25, 0.3) is 0 Å². The van der Waals surface area contributed by atoms with Gasteiger partial charge in [0.15, 0.2) is 0 Å². The smallest absolute Gasteiger partial charge is 0.216 e. The molecule has 0 amide bonds. The molecule has 0 aliphatic carbocycles. The topological polar surface area (TPSA) is 59.3 Å². The van der Waals surface area contributed by atoms with E-state index in [4.69, 9.17) is 16.3 Å². The summed E-state index contributed by atoms with van der Waals surface area (Å²) in [5.74, 6) is 0.718. The molecule has 1 heterocycles. The van der Waals surface area contributed by atoms with Crippen LogP contribution in [0.1, 0.15) is 22.9 Å². The molecule has 2 N–H and O–H groups in total. The molecule has 1 aromatic heterocycles. The van der Waals surface area contributed by atoms with Gasteiger partial charge in [-0.05, 0) is 24.6 Å². The number of aromatic nitrogens is 2. The molecule has 0 spiro atoms. The van der Waals surface area contributed by atoms with Gasteiger partial charge in [-0.25, -0.2) is 4.68 Å². The molecular formula is C17H22ClN3O2. The molecule has 1 aromatic carbocycles. The third kappa shape index (κ3) is 4.58. The Labute approximate surface area is 141 Å². The molecule has 0 fully saturated rings. The van der Waals surface area contributed by atoms with Gasteiger partial charge in [0, 0.05) is 25.2 Å². The third-order valence-electron chi connectivity index (χ3n) is 3.52. The number of nitrogens with one attached hydrogen (secondary N) is 1. The minimum atomic E-state index is -0.596. The molecule has 6 heteroatoms. The summed E-state index contributed by atoms with van der Waals surface area (Å²) >= 11 is 5.85. The predicted octanol–water partition coefficient (Wildman–Crippen LogP) is 2.77. The standard InChI is InChI=1S/C17H22ClN3O2/c1-4-9-23-17-15(12(2)20-21(17)3)10-19-11-16(22)13-5-7-14(18)8-6-13/h4-8,16,19,22H,1,9-11H2,2-3H3. The van der Waals surface area contributed by atoms with Crippen molar-refractivity contribution in [1.29, 1.82) is 0 Å². The highest BCUT2D eigenvalue weighted by molar-refractivity contribution is 6.30. The van der Waals surface area contributed by atoms with Crippen molar-refractivity contribution in [2.75, 3.05) is 13.2 Å². The highest BCUT2D eigenvalue weighted by Gasteiger charge is 2.15. The fraction of sp³-hybridized carbons (Fsp3) is 0.353. The van der Waals surface area contributed by atoms with Crippen LogP contribution in [0.15, 0.2) is 36.9 Å². The zero-order valence-electron chi connectivity index (χ0n) is 13.4. The van der Waals surface area contributed by atoms with Gasteiger partial charge in [0.05, 0.1) is 17.4 Å². The van der Waals surface area contributed by atoms with E-state index >= 15 is 0 Å². The van der Waals surface area contributed by atoms with Crippen molar-refractivity contribution >= 4 is 11.6 Å². The predicted molar refractivity (Wildman–Crippen MR) is 91.8 cm³/mol. The Morgan fingerprint density at radius 1 is 1.43 bits per heavy atom. The zero-order chi connectivity index (χ0) is 16.8. The van der Waals surface area contributed by atoms with E-state index in [-0.39, 0.29) is 0 Å². The van der Waals surface area contributed by atoms with Crippen LogP contribution >= 0.6 is 11.6 Å². The zero-order valence-corrected chi connectivity index (χ0v) is 14.2. The number of hydrogen-bond acceptors (Lipinski definition) is 4. The van der Waals surface area contributed by atoms with Crippen LogP contribution in [0.3, 0.4) is 0 Å². The maximum atomic E-state index is 10.2. The van der Waals surface area contributed by atoms with Gasteiger partial charge in [-0.3, -0.25) is 0 Å². The fourth-order valence-electron chi connectivity index (χ4n) is 2.34. The molecule has 1 unspecified atom stereocenters. The van der Waals surface area contributed by atoms with Crippen LogP contribution in [0, 0.1) is 6.92 Å². The Balaban J connectivity index is 1.95. The number of aliphatic hydroxyl groups excluding tert-OH is 1. The summed E-state index contributed by atoms with van der Waals surface area (Å²) in [6.07, 6.45) is 1.10. The van der Waals surface area contributed by atoms with Crippen LogP contribution in [0.4, 0.5) is 0 Å². The van der Waals surface area contributed by atoms with E-state index < -0.39 is 6.10 Å². The SMILES string of the molecule is C=CCOc1c(CNCC(O)c2ccc(Cl)cc2)c(C)nn1C. The van der Waals surface area contributed by atoms with Gasteiger partial charge in [-0.1, -0.05) is 36.4 Å². The van der Waals surface area contributed by atoms with Crippen molar-refractivity contribution < 1.29 is 9.84 Å². The lowest BCUT2D eigenvalue weighted by molar-refractivity contribution is 0.174. The van der Waals surface area contributed by atoms with Crippen molar-refractivity contribution in [3.05, 3.63) is 58.8 Å². The Morgan fingerprint density at radius 3 is 2.78 bits per heavy atom. The van der Waals surface area contributed by atoms with Gasteiger partial charge in [0.2, 0.25) is 5.88 Å². The number of ether oxygens (including phenoxy) is 1. The van der Waals surface area contributed by atoms with Crippen LogP contribution in [0.2, 0.25) is 5.02 Å². The molecule has 0 aliphatic heterocycles. The largest absolute Gasteiger partial charge is 0.473 e. The first-order chi connectivity index (χ1) is 11.0. The first-order valence-corrected chi connectivity index (χ1v) is 7.81. The molecular weight excluding hydrogens is 314 g/mol. The van der Waals surface area contributed by atoms with Crippen LogP contribution < -0.4 is 10.1 Å². The molecule has 124 valence electrons. The van der Waals surface area contributed by atoms with Crippen molar-refractivity contribution in [3.8, 4) is 5.88 Å². The van der Waals surface area contributed by atoms with Gasteiger partial charge in [-0.2, -0.15) is 5.10 Å². The number of benzene rings is 1. The summed E-state index contributed by atoms with van der Waals surface area (Å²) < 4.78 is 7.37. The Morgan fingerprint density at radius 2 is 2.13 bits per heavy atom. The van der Waals surface area contributed by atoms with Crippen molar-refractivity contribution in [1.82, 2.24) is 15.1 Å². The summed E-state index contributed by atoms with van der Waals surface area (Å²) in [7, 11) is 1.84. The maximum Gasteiger partial charge on any atom is 0.216 e. The van der Waals surface area contributed by atoms with E-state index in [0.717, 1.165) is 22.7 Å².